The van der Waals surface area contributed by atoms with Crippen LogP contribution in [0.4, 0.5) is 5.69 Å². The van der Waals surface area contributed by atoms with Gasteiger partial charge in [0.25, 0.3) is 5.91 Å². The number of thiophene rings is 1. The van der Waals surface area contributed by atoms with E-state index in [2.05, 4.69) is 10.6 Å². The van der Waals surface area contributed by atoms with Gasteiger partial charge in [0, 0.05) is 17.3 Å². The van der Waals surface area contributed by atoms with Gasteiger partial charge in [-0.3, -0.25) is 19.3 Å². The highest BCUT2D eigenvalue weighted by atomic mass is 32.1. The van der Waals surface area contributed by atoms with Gasteiger partial charge < -0.3 is 20.1 Å². The number of benzene rings is 2. The molecule has 35 heavy (non-hydrogen) atoms. The van der Waals surface area contributed by atoms with E-state index in [-0.39, 0.29) is 25.2 Å². The molecule has 1 aliphatic rings. The molecule has 0 saturated carbocycles. The minimum atomic E-state index is -0.984. The lowest BCUT2D eigenvalue weighted by molar-refractivity contribution is -0.127. The summed E-state index contributed by atoms with van der Waals surface area (Å²) in [6.45, 7) is 5.41. The Morgan fingerprint density at radius 2 is 1.74 bits per heavy atom. The summed E-state index contributed by atoms with van der Waals surface area (Å²) in [4.78, 5) is 41.6. The van der Waals surface area contributed by atoms with Crippen LogP contribution in [-0.2, 0) is 9.59 Å². The topological polar surface area (TPSA) is 97.0 Å². The average Bonchev–Trinajstić information content (AvgIpc) is 3.52. The van der Waals surface area contributed by atoms with Crippen LogP contribution >= 0.6 is 11.3 Å². The van der Waals surface area contributed by atoms with Crippen molar-refractivity contribution in [1.82, 2.24) is 10.6 Å². The Balaban J connectivity index is 1.72. The molecule has 1 aliphatic heterocycles. The second-order valence-corrected chi connectivity index (χ2v) is 9.96. The third-order valence-electron chi connectivity index (χ3n) is 5.17. The van der Waals surface area contributed by atoms with Crippen LogP contribution in [0.5, 0.6) is 11.5 Å². The van der Waals surface area contributed by atoms with Gasteiger partial charge in [-0.25, -0.2) is 0 Å². The molecule has 0 bridgehead atoms. The van der Waals surface area contributed by atoms with E-state index in [4.69, 9.17) is 9.47 Å². The van der Waals surface area contributed by atoms with Crippen molar-refractivity contribution in [1.29, 1.82) is 0 Å². The Morgan fingerprint density at radius 3 is 2.43 bits per heavy atom. The normalized spacial score (nSPS) is 13.1. The highest BCUT2D eigenvalue weighted by Crippen LogP contribution is 2.38. The zero-order valence-corrected chi connectivity index (χ0v) is 20.6. The molecule has 0 aliphatic carbocycles. The fraction of sp³-hybridized carbons (Fsp3) is 0.269. The van der Waals surface area contributed by atoms with E-state index in [0.29, 0.717) is 27.6 Å². The average molecular weight is 494 g/mol. The van der Waals surface area contributed by atoms with E-state index in [1.807, 2.05) is 39.0 Å². The Morgan fingerprint density at radius 1 is 1.00 bits per heavy atom. The van der Waals surface area contributed by atoms with E-state index in [1.165, 1.54) is 16.2 Å². The van der Waals surface area contributed by atoms with E-state index in [9.17, 15) is 14.4 Å². The lowest BCUT2D eigenvalue weighted by Gasteiger charge is -2.34. The molecule has 2 heterocycles. The first-order chi connectivity index (χ1) is 16.7. The summed E-state index contributed by atoms with van der Waals surface area (Å²) >= 11 is 1.28. The van der Waals surface area contributed by atoms with Crippen LogP contribution in [0.2, 0.25) is 0 Å². The summed E-state index contributed by atoms with van der Waals surface area (Å²) in [7, 11) is 0. The third-order valence-corrected chi connectivity index (χ3v) is 6.04. The fourth-order valence-electron chi connectivity index (χ4n) is 3.70. The van der Waals surface area contributed by atoms with E-state index in [1.54, 1.807) is 47.8 Å². The van der Waals surface area contributed by atoms with Gasteiger partial charge in [0.1, 0.15) is 6.04 Å². The van der Waals surface area contributed by atoms with Crippen molar-refractivity contribution < 1.29 is 23.9 Å². The monoisotopic (exact) mass is 493 g/mol. The molecule has 1 unspecified atom stereocenters. The van der Waals surface area contributed by atoms with Crippen LogP contribution in [0.25, 0.3) is 0 Å². The number of amides is 3. The summed E-state index contributed by atoms with van der Waals surface area (Å²) in [5.74, 6) is -0.117. The first kappa shape index (κ1) is 24.3. The maximum atomic E-state index is 13.7. The Labute approximate surface area is 207 Å². The largest absolute Gasteiger partial charge is 0.454 e. The predicted molar refractivity (Wildman–Crippen MR) is 134 cm³/mol. The van der Waals surface area contributed by atoms with Gasteiger partial charge in [-0.05, 0) is 49.9 Å². The second kappa shape index (κ2) is 10.2. The Bertz CT molecular complexity index is 1210. The van der Waals surface area contributed by atoms with Crippen LogP contribution in [0, 0.1) is 0 Å². The Hall–Kier alpha value is -3.85. The van der Waals surface area contributed by atoms with Gasteiger partial charge in [0.05, 0.1) is 11.4 Å². The molecular weight excluding hydrogens is 466 g/mol. The number of hydrogen-bond acceptors (Lipinski definition) is 6. The lowest BCUT2D eigenvalue weighted by atomic mass is 10.0. The standard InChI is InChI=1S/C26H27N3O5S/c1-26(2,3)28-25(32)23(17-8-5-4-6-9-17)29(18-11-12-19-20(14-18)34-16-33-19)22(30)15-27-24(31)21-10-7-13-35-21/h4-14,23H,15-16H2,1-3H3,(H,27,31)(H,28,32). The third kappa shape index (κ3) is 5.81. The number of carbonyl (C=O) groups is 3. The van der Waals surface area contributed by atoms with Crippen molar-refractivity contribution in [2.75, 3.05) is 18.2 Å². The highest BCUT2D eigenvalue weighted by molar-refractivity contribution is 7.12. The number of fused-ring (bicyclic) bond motifs is 1. The van der Waals surface area contributed by atoms with Crippen LogP contribution < -0.4 is 25.0 Å². The molecule has 8 nitrogen and oxygen atoms in total. The number of carbonyl (C=O) groups excluding carboxylic acids is 3. The van der Waals surface area contributed by atoms with Gasteiger partial charge in [0.2, 0.25) is 18.6 Å². The predicted octanol–water partition coefficient (Wildman–Crippen LogP) is 3.90. The first-order valence-electron chi connectivity index (χ1n) is 11.1. The van der Waals surface area contributed by atoms with Crippen molar-refractivity contribution in [3.05, 3.63) is 76.5 Å². The fourth-order valence-corrected chi connectivity index (χ4v) is 4.34. The minimum absolute atomic E-state index is 0.0796. The van der Waals surface area contributed by atoms with Gasteiger partial charge in [-0.2, -0.15) is 0 Å². The van der Waals surface area contributed by atoms with E-state index < -0.39 is 17.5 Å². The number of hydrogen-bond donors (Lipinski definition) is 2. The van der Waals surface area contributed by atoms with Gasteiger partial charge in [-0.1, -0.05) is 36.4 Å². The maximum absolute atomic E-state index is 13.7. The van der Waals surface area contributed by atoms with Crippen LogP contribution in [0.1, 0.15) is 42.0 Å². The Kier molecular flexibility index (Phi) is 7.07. The molecule has 0 spiro atoms. The summed E-state index contributed by atoms with van der Waals surface area (Å²) in [5, 5.41) is 7.45. The van der Waals surface area contributed by atoms with E-state index >= 15 is 0 Å². The SMILES string of the molecule is CC(C)(C)NC(=O)C(c1ccccc1)N(C(=O)CNC(=O)c1cccs1)c1ccc2c(c1)OCO2. The summed E-state index contributed by atoms with van der Waals surface area (Å²) in [5.41, 5.74) is 0.550. The van der Waals surface area contributed by atoms with Gasteiger partial charge in [0.15, 0.2) is 11.5 Å². The molecule has 1 atom stereocenters. The van der Waals surface area contributed by atoms with Crippen molar-refractivity contribution in [2.45, 2.75) is 32.4 Å². The number of nitrogens with zero attached hydrogens (tertiary/aromatic N) is 1. The molecular formula is C26H27N3O5S. The summed E-state index contributed by atoms with van der Waals surface area (Å²) in [6.07, 6.45) is 0. The smallest absolute Gasteiger partial charge is 0.261 e. The highest BCUT2D eigenvalue weighted by Gasteiger charge is 2.35. The molecule has 3 aromatic rings. The number of rotatable bonds is 7. The van der Waals surface area contributed by atoms with E-state index in [0.717, 1.165) is 0 Å². The summed E-state index contributed by atoms with van der Waals surface area (Å²) < 4.78 is 10.9. The molecule has 4 rings (SSSR count). The lowest BCUT2D eigenvalue weighted by Crippen LogP contribution is -2.51. The molecule has 3 amide bonds. The zero-order valence-electron chi connectivity index (χ0n) is 19.7. The number of ether oxygens (including phenoxy) is 2. The van der Waals surface area contributed by atoms with Gasteiger partial charge >= 0.3 is 0 Å². The molecule has 182 valence electrons. The van der Waals surface area contributed by atoms with Crippen LogP contribution in [-0.4, -0.2) is 36.6 Å². The molecule has 9 heteroatoms. The molecule has 2 N–H and O–H groups in total. The molecule has 0 saturated heterocycles. The van der Waals surface area contributed by atoms with Crippen LogP contribution in [0.3, 0.4) is 0 Å². The van der Waals surface area contributed by atoms with Crippen molar-refractivity contribution >= 4 is 34.7 Å². The number of anilines is 1. The minimum Gasteiger partial charge on any atom is -0.454 e. The molecule has 1 aromatic heterocycles. The zero-order chi connectivity index (χ0) is 25.0. The quantitative estimate of drug-likeness (QED) is 0.521. The molecule has 2 aromatic carbocycles. The first-order valence-corrected chi connectivity index (χ1v) is 12.0. The number of nitrogens with one attached hydrogen (secondary N) is 2. The summed E-state index contributed by atoms with van der Waals surface area (Å²) in [6, 6.07) is 16.6. The van der Waals surface area contributed by atoms with Gasteiger partial charge in [-0.15, -0.1) is 11.3 Å². The molecule has 0 radical (unpaired) electrons. The molecule has 0 fully saturated rings. The van der Waals surface area contributed by atoms with Crippen molar-refractivity contribution in [3.8, 4) is 11.5 Å². The van der Waals surface area contributed by atoms with Crippen LogP contribution in [0.15, 0.2) is 66.0 Å². The van der Waals surface area contributed by atoms with Crippen molar-refractivity contribution in [2.24, 2.45) is 0 Å². The van der Waals surface area contributed by atoms with Crippen molar-refractivity contribution in [3.63, 3.8) is 0 Å². The maximum Gasteiger partial charge on any atom is 0.261 e. The second-order valence-electron chi connectivity index (χ2n) is 9.01.